The average molecular weight is 450 g/mol. The van der Waals surface area contributed by atoms with Crippen LogP contribution in [0.3, 0.4) is 0 Å². The third-order valence-electron chi connectivity index (χ3n) is 5.19. The first-order valence-electron chi connectivity index (χ1n) is 9.74. The highest BCUT2D eigenvalue weighted by molar-refractivity contribution is 6.29. The van der Waals surface area contributed by atoms with Crippen molar-refractivity contribution in [2.75, 3.05) is 21.2 Å². The van der Waals surface area contributed by atoms with Crippen molar-refractivity contribution in [1.29, 1.82) is 0 Å². The lowest BCUT2D eigenvalue weighted by molar-refractivity contribution is -0.136. The van der Waals surface area contributed by atoms with Crippen LogP contribution in [0, 0.1) is 0 Å². The van der Waals surface area contributed by atoms with E-state index in [2.05, 4.69) is 16.5 Å². The van der Waals surface area contributed by atoms with Gasteiger partial charge in [-0.1, -0.05) is 36.4 Å². The van der Waals surface area contributed by atoms with Gasteiger partial charge in [0.25, 0.3) is 5.91 Å². The van der Waals surface area contributed by atoms with Gasteiger partial charge in [0, 0.05) is 41.9 Å². The Kier molecular flexibility index (Phi) is 5.67. The number of esters is 1. The van der Waals surface area contributed by atoms with E-state index in [0.717, 1.165) is 5.56 Å². The fraction of sp³-hybridized carbons (Fsp3) is 0.167. The van der Waals surface area contributed by atoms with Gasteiger partial charge in [-0.05, 0) is 30.3 Å². The van der Waals surface area contributed by atoms with Crippen LogP contribution in [0.15, 0.2) is 60.7 Å². The maximum Gasteiger partial charge on any atom is 0.334 e. The van der Waals surface area contributed by atoms with Crippen LogP contribution in [0.1, 0.15) is 27.4 Å². The Morgan fingerprint density at radius 3 is 2.25 bits per heavy atom. The molecule has 1 amide bonds. The Morgan fingerprint density at radius 1 is 1.00 bits per heavy atom. The van der Waals surface area contributed by atoms with Gasteiger partial charge in [-0.3, -0.25) is 4.79 Å². The summed E-state index contributed by atoms with van der Waals surface area (Å²) in [7, 11) is 4.71. The van der Waals surface area contributed by atoms with E-state index in [-0.39, 0.29) is 22.5 Å². The van der Waals surface area contributed by atoms with Crippen molar-refractivity contribution >= 4 is 23.5 Å². The third-order valence-corrected chi connectivity index (χ3v) is 5.40. The molecule has 0 spiro atoms. The molecule has 1 aliphatic heterocycles. The number of carbonyl (C=O) groups is 2. The highest BCUT2D eigenvalue weighted by atomic mass is 35.5. The molecule has 3 heterocycles. The second kappa shape index (κ2) is 8.43. The number of amides is 1. The number of aromatic nitrogens is 2. The zero-order valence-corrected chi connectivity index (χ0v) is 18.5. The minimum atomic E-state index is -0.535. The molecule has 0 saturated heterocycles. The fourth-order valence-corrected chi connectivity index (χ4v) is 3.71. The normalized spacial score (nSPS) is 13.9. The lowest BCUT2D eigenvalue weighted by Crippen LogP contribution is -2.21. The van der Waals surface area contributed by atoms with Gasteiger partial charge < -0.3 is 14.4 Å². The Hall–Kier alpha value is -3.71. The van der Waals surface area contributed by atoms with Crippen LogP contribution in [-0.4, -0.2) is 47.9 Å². The Morgan fingerprint density at radius 2 is 1.62 bits per heavy atom. The van der Waals surface area contributed by atoms with Crippen molar-refractivity contribution in [1.82, 2.24) is 14.9 Å². The standard InChI is InChI=1S/C24H20ClN3O4/c1-13(24(30)31-4)20-16-9-11-18(14-5-7-15(8-6-14)23(29)28(2)3)26-21(16)32-22-17(20)10-12-19(25)27-22/h5-12,20H,1H2,2-4H3. The number of ether oxygens (including phenoxy) is 2. The minimum Gasteiger partial charge on any atom is -0.466 e. The molecule has 162 valence electrons. The number of pyridine rings is 2. The summed E-state index contributed by atoms with van der Waals surface area (Å²) in [4.78, 5) is 34.8. The maximum atomic E-state index is 12.3. The van der Waals surface area contributed by atoms with Crippen molar-refractivity contribution in [2.45, 2.75) is 5.92 Å². The minimum absolute atomic E-state index is 0.0815. The van der Waals surface area contributed by atoms with E-state index in [1.165, 1.54) is 12.0 Å². The number of benzene rings is 1. The van der Waals surface area contributed by atoms with Gasteiger partial charge >= 0.3 is 5.97 Å². The fourth-order valence-electron chi connectivity index (χ4n) is 3.57. The predicted octanol–water partition coefficient (Wildman–Crippen LogP) is 4.47. The molecule has 2 aromatic heterocycles. The van der Waals surface area contributed by atoms with Crippen molar-refractivity contribution in [3.63, 3.8) is 0 Å². The summed E-state index contributed by atoms with van der Waals surface area (Å²) in [5.41, 5.74) is 3.58. The highest BCUT2D eigenvalue weighted by Gasteiger charge is 2.34. The quantitative estimate of drug-likeness (QED) is 0.332. The molecule has 1 aliphatic rings. The SMILES string of the molecule is C=C(C(=O)OC)C1c2ccc(Cl)nc2Oc2nc(-c3ccc(C(=O)N(C)C)cc3)ccc21. The summed E-state index contributed by atoms with van der Waals surface area (Å²) in [6, 6.07) is 14.2. The predicted molar refractivity (Wildman–Crippen MR) is 120 cm³/mol. The van der Waals surface area contributed by atoms with Crippen LogP contribution in [0.4, 0.5) is 0 Å². The molecule has 0 bridgehead atoms. The molecule has 0 aliphatic carbocycles. The lowest BCUT2D eigenvalue weighted by Gasteiger charge is -2.27. The van der Waals surface area contributed by atoms with E-state index in [0.29, 0.717) is 28.3 Å². The molecule has 1 atom stereocenters. The molecule has 0 saturated carbocycles. The molecule has 0 radical (unpaired) electrons. The molecule has 3 aromatic rings. The molecule has 0 fully saturated rings. The number of halogens is 1. The smallest absolute Gasteiger partial charge is 0.334 e. The summed E-state index contributed by atoms with van der Waals surface area (Å²) >= 11 is 6.05. The number of rotatable bonds is 4. The van der Waals surface area contributed by atoms with Gasteiger partial charge in [-0.25, -0.2) is 14.8 Å². The summed E-state index contributed by atoms with van der Waals surface area (Å²) in [6.45, 7) is 3.94. The number of hydrogen-bond acceptors (Lipinski definition) is 6. The summed E-state index contributed by atoms with van der Waals surface area (Å²) < 4.78 is 10.8. The van der Waals surface area contributed by atoms with Crippen molar-refractivity contribution < 1.29 is 19.1 Å². The van der Waals surface area contributed by atoms with Gasteiger partial charge in [-0.2, -0.15) is 0 Å². The van der Waals surface area contributed by atoms with E-state index in [4.69, 9.17) is 21.1 Å². The van der Waals surface area contributed by atoms with E-state index in [1.54, 1.807) is 38.4 Å². The van der Waals surface area contributed by atoms with Crippen molar-refractivity contribution in [2.24, 2.45) is 0 Å². The Balaban J connectivity index is 1.76. The number of carbonyl (C=O) groups excluding carboxylic acids is 2. The van der Waals surface area contributed by atoms with Crippen LogP contribution in [0.25, 0.3) is 11.3 Å². The average Bonchev–Trinajstić information content (AvgIpc) is 2.80. The largest absolute Gasteiger partial charge is 0.466 e. The first kappa shape index (κ1) is 21.5. The second-order valence-electron chi connectivity index (χ2n) is 7.45. The second-order valence-corrected chi connectivity index (χ2v) is 7.84. The molecule has 7 nitrogen and oxygen atoms in total. The van der Waals surface area contributed by atoms with Gasteiger partial charge in [0.05, 0.1) is 18.7 Å². The number of nitrogens with zero attached hydrogens (tertiary/aromatic N) is 3. The summed E-state index contributed by atoms with van der Waals surface area (Å²) in [6.07, 6.45) is 0. The molecule has 4 rings (SSSR count). The lowest BCUT2D eigenvalue weighted by atomic mass is 9.85. The van der Waals surface area contributed by atoms with Crippen LogP contribution in [0.2, 0.25) is 5.15 Å². The van der Waals surface area contributed by atoms with Crippen LogP contribution < -0.4 is 4.74 Å². The van der Waals surface area contributed by atoms with Crippen LogP contribution in [0.5, 0.6) is 11.8 Å². The number of fused-ring (bicyclic) bond motifs is 2. The summed E-state index contributed by atoms with van der Waals surface area (Å²) in [5, 5.41) is 0.256. The topological polar surface area (TPSA) is 81.6 Å². The molecule has 1 unspecified atom stereocenters. The van der Waals surface area contributed by atoms with E-state index in [1.807, 2.05) is 24.3 Å². The molecule has 32 heavy (non-hydrogen) atoms. The molecule has 0 N–H and O–H groups in total. The molecule has 1 aromatic carbocycles. The first-order chi connectivity index (χ1) is 15.3. The van der Waals surface area contributed by atoms with E-state index in [9.17, 15) is 9.59 Å². The van der Waals surface area contributed by atoms with Crippen molar-refractivity contribution in [3.8, 4) is 23.0 Å². The van der Waals surface area contributed by atoms with E-state index < -0.39 is 11.9 Å². The number of hydrogen-bond donors (Lipinski definition) is 0. The molecule has 8 heteroatoms. The van der Waals surface area contributed by atoms with Crippen molar-refractivity contribution in [3.05, 3.63) is 82.5 Å². The maximum absolute atomic E-state index is 12.3. The van der Waals surface area contributed by atoms with Crippen LogP contribution >= 0.6 is 11.6 Å². The third kappa shape index (κ3) is 3.83. The first-order valence-corrected chi connectivity index (χ1v) is 10.1. The zero-order chi connectivity index (χ0) is 23.0. The van der Waals surface area contributed by atoms with Crippen LogP contribution in [-0.2, 0) is 9.53 Å². The Bertz CT molecular complexity index is 1240. The highest BCUT2D eigenvalue weighted by Crippen LogP contribution is 2.46. The van der Waals surface area contributed by atoms with E-state index >= 15 is 0 Å². The monoisotopic (exact) mass is 449 g/mol. The van der Waals surface area contributed by atoms with Gasteiger partial charge in [0.2, 0.25) is 11.8 Å². The van der Waals surface area contributed by atoms with Gasteiger partial charge in [0.1, 0.15) is 5.15 Å². The van der Waals surface area contributed by atoms with Gasteiger partial charge in [-0.15, -0.1) is 0 Å². The summed E-state index contributed by atoms with van der Waals surface area (Å²) in [5.74, 6) is -0.589. The Labute approximate surface area is 190 Å². The number of methoxy groups -OCH3 is 1. The molecular formula is C24H20ClN3O4. The van der Waals surface area contributed by atoms with Gasteiger partial charge in [0.15, 0.2) is 0 Å². The molecular weight excluding hydrogens is 430 g/mol. The zero-order valence-electron chi connectivity index (χ0n) is 17.8.